The van der Waals surface area contributed by atoms with E-state index in [1.54, 1.807) is 0 Å². The first-order valence-electron chi connectivity index (χ1n) is 2.28. The number of primary amides is 2. The van der Waals surface area contributed by atoms with Crippen LogP contribution in [0, 0.1) is 0 Å². The van der Waals surface area contributed by atoms with Gasteiger partial charge in [0.05, 0.1) is 0 Å². The Morgan fingerprint density at radius 3 is 1.15 bits per heavy atom. The number of carbonyl (C=O) groups is 3. The van der Waals surface area contributed by atoms with E-state index in [9.17, 15) is 9.59 Å². The molecular weight excluding hydrogens is 195 g/mol. The molecule has 0 saturated carbocycles. The zero-order valence-corrected chi connectivity index (χ0v) is 5.67. The molecule has 0 unspecified atom stereocenters. The third-order valence-corrected chi connectivity index (χ3v) is 0.247. The molecular formula is C3H7N4NaO5. The number of carbonyl (C=O) groups excluding carboxylic acids is 2. The normalized spacial score (nSPS) is 7.69. The molecule has 0 fully saturated rings. The predicted molar refractivity (Wildman–Crippen MR) is 41.8 cm³/mol. The Balaban J connectivity index is -0.000000173. The second-order valence-electron chi connectivity index (χ2n) is 1.16. The zero-order chi connectivity index (χ0) is 10.1. The van der Waals surface area contributed by atoms with Crippen molar-refractivity contribution in [1.82, 2.24) is 0 Å². The fourth-order valence-corrected chi connectivity index (χ4v) is 0.0986. The zero-order valence-electron chi connectivity index (χ0n) is 5.67. The quantitative estimate of drug-likeness (QED) is 0.296. The number of nitrogens with zero attached hydrogens (tertiary/aromatic N) is 2. The van der Waals surface area contributed by atoms with Crippen LogP contribution < -0.4 is 11.5 Å². The van der Waals surface area contributed by atoms with Gasteiger partial charge in [0.1, 0.15) is 0 Å². The number of amides is 4. The average Bonchev–Trinajstić information content (AvgIpc) is 1.82. The van der Waals surface area contributed by atoms with Crippen LogP contribution in [0.2, 0.25) is 0 Å². The summed E-state index contributed by atoms with van der Waals surface area (Å²) in [5, 5.41) is 19.2. The van der Waals surface area contributed by atoms with Crippen molar-refractivity contribution >= 4 is 47.8 Å². The molecule has 0 aromatic carbocycles. The van der Waals surface area contributed by atoms with Crippen molar-refractivity contribution in [3.63, 3.8) is 0 Å². The standard InChI is InChI=1S/C2H4N4O2.CH2O3.Na.H/c3-1(7)5-6-2(4)8;2-1(3)4;;/h(H2,3,7)(H2,4,8);(H2,2,3,4);;. The maximum absolute atomic E-state index is 9.66. The molecule has 0 aliphatic rings. The van der Waals surface area contributed by atoms with Crippen LogP contribution in [0.3, 0.4) is 0 Å². The second-order valence-corrected chi connectivity index (χ2v) is 1.16. The fourth-order valence-electron chi connectivity index (χ4n) is 0.0986. The Labute approximate surface area is 94.1 Å². The summed E-state index contributed by atoms with van der Waals surface area (Å²) in [6.07, 6.45) is -1.83. The molecule has 0 aliphatic heterocycles. The van der Waals surface area contributed by atoms with Crippen LogP contribution in [0.15, 0.2) is 10.2 Å². The number of hydrogen-bond donors (Lipinski definition) is 4. The molecule has 10 heteroatoms. The molecule has 0 saturated heterocycles. The monoisotopic (exact) mass is 202 g/mol. The SMILES string of the molecule is NC(=O)N=NC(N)=O.O=C(O)O.[NaH]. The molecule has 9 nitrogen and oxygen atoms in total. The van der Waals surface area contributed by atoms with Gasteiger partial charge in [0.15, 0.2) is 0 Å². The van der Waals surface area contributed by atoms with Gasteiger partial charge >= 0.3 is 47.8 Å². The van der Waals surface area contributed by atoms with Crippen LogP contribution >= 0.6 is 0 Å². The van der Waals surface area contributed by atoms with Gasteiger partial charge in [-0.3, -0.25) is 0 Å². The molecule has 0 heterocycles. The molecule has 0 aromatic heterocycles. The summed E-state index contributed by atoms with van der Waals surface area (Å²) in [5.41, 5.74) is 8.87. The van der Waals surface area contributed by atoms with E-state index in [-0.39, 0.29) is 29.6 Å². The molecule has 0 rings (SSSR count). The van der Waals surface area contributed by atoms with E-state index < -0.39 is 18.2 Å². The van der Waals surface area contributed by atoms with Crippen molar-refractivity contribution in [3.8, 4) is 0 Å². The van der Waals surface area contributed by atoms with Crippen LogP contribution in [0.5, 0.6) is 0 Å². The third-order valence-electron chi connectivity index (χ3n) is 0.247. The molecule has 0 bridgehead atoms. The Morgan fingerprint density at radius 1 is 0.923 bits per heavy atom. The van der Waals surface area contributed by atoms with Crippen LogP contribution in [0.4, 0.5) is 14.4 Å². The number of rotatable bonds is 0. The topological polar surface area (TPSA) is 168 Å². The van der Waals surface area contributed by atoms with Crippen molar-refractivity contribution in [2.45, 2.75) is 0 Å². The number of nitrogens with two attached hydrogens (primary N) is 2. The van der Waals surface area contributed by atoms with E-state index in [1.165, 1.54) is 0 Å². The van der Waals surface area contributed by atoms with E-state index in [1.807, 2.05) is 0 Å². The average molecular weight is 202 g/mol. The first kappa shape index (κ1) is 17.8. The van der Waals surface area contributed by atoms with E-state index >= 15 is 0 Å². The molecule has 0 atom stereocenters. The summed E-state index contributed by atoms with van der Waals surface area (Å²) in [6.45, 7) is 0. The summed E-state index contributed by atoms with van der Waals surface area (Å²) in [6, 6.07) is -2.08. The molecule has 0 spiro atoms. The van der Waals surface area contributed by atoms with Gasteiger partial charge in [-0.1, -0.05) is 10.2 Å². The van der Waals surface area contributed by atoms with Crippen LogP contribution in [0.25, 0.3) is 0 Å². The fraction of sp³-hybridized carbons (Fsp3) is 0. The van der Waals surface area contributed by atoms with E-state index in [4.69, 9.17) is 15.0 Å². The Morgan fingerprint density at radius 2 is 1.08 bits per heavy atom. The summed E-state index contributed by atoms with van der Waals surface area (Å²) in [7, 11) is 0. The summed E-state index contributed by atoms with van der Waals surface area (Å²) < 4.78 is 0. The molecule has 4 amide bonds. The van der Waals surface area contributed by atoms with Gasteiger partial charge in [0.2, 0.25) is 0 Å². The number of urea groups is 2. The van der Waals surface area contributed by atoms with E-state index in [0.717, 1.165) is 0 Å². The summed E-state index contributed by atoms with van der Waals surface area (Å²) >= 11 is 0. The Hall–Kier alpha value is -1.19. The molecule has 0 aliphatic carbocycles. The Kier molecular flexibility index (Phi) is 14.8. The number of azo groups is 1. The summed E-state index contributed by atoms with van der Waals surface area (Å²) in [5.74, 6) is 0. The van der Waals surface area contributed by atoms with Crippen molar-refractivity contribution in [1.29, 1.82) is 0 Å². The van der Waals surface area contributed by atoms with E-state index in [2.05, 4.69) is 21.7 Å². The van der Waals surface area contributed by atoms with Crippen molar-refractivity contribution in [2.75, 3.05) is 0 Å². The van der Waals surface area contributed by atoms with Gasteiger partial charge in [-0.25, -0.2) is 14.4 Å². The third kappa shape index (κ3) is 57.8. The van der Waals surface area contributed by atoms with Crippen LogP contribution in [-0.2, 0) is 0 Å². The Bertz CT molecular complexity index is 196. The second kappa shape index (κ2) is 10.8. The van der Waals surface area contributed by atoms with Gasteiger partial charge < -0.3 is 21.7 Å². The van der Waals surface area contributed by atoms with E-state index in [0.29, 0.717) is 0 Å². The molecule has 0 aromatic rings. The van der Waals surface area contributed by atoms with Gasteiger partial charge in [-0.2, -0.15) is 0 Å². The predicted octanol–water partition coefficient (Wildman–Crippen LogP) is -0.830. The minimum absolute atomic E-state index is 0. The molecule has 13 heavy (non-hydrogen) atoms. The first-order valence-corrected chi connectivity index (χ1v) is 2.28. The van der Waals surface area contributed by atoms with Gasteiger partial charge in [0, 0.05) is 0 Å². The van der Waals surface area contributed by atoms with Crippen LogP contribution in [0.1, 0.15) is 0 Å². The van der Waals surface area contributed by atoms with Gasteiger partial charge in [0.25, 0.3) is 0 Å². The first-order chi connectivity index (χ1) is 5.36. The molecule has 0 radical (unpaired) electrons. The van der Waals surface area contributed by atoms with Crippen molar-refractivity contribution in [3.05, 3.63) is 0 Å². The van der Waals surface area contributed by atoms with Crippen LogP contribution in [-0.4, -0.2) is 58.0 Å². The van der Waals surface area contributed by atoms with Crippen molar-refractivity contribution in [2.24, 2.45) is 21.7 Å². The van der Waals surface area contributed by atoms with Crippen molar-refractivity contribution < 1.29 is 24.6 Å². The summed E-state index contributed by atoms with van der Waals surface area (Å²) in [4.78, 5) is 27.9. The number of hydrogen-bond acceptors (Lipinski definition) is 3. The molecule has 6 N–H and O–H groups in total. The minimum atomic E-state index is -1.83. The molecule has 70 valence electrons. The van der Waals surface area contributed by atoms with Gasteiger partial charge in [-0.05, 0) is 0 Å². The van der Waals surface area contributed by atoms with Gasteiger partial charge in [-0.15, -0.1) is 0 Å². The number of carboxylic acid groups (broad SMARTS) is 2. The maximum atomic E-state index is 9.66.